The molecule has 1 aromatic carbocycles. The van der Waals surface area contributed by atoms with Crippen LogP contribution in [0.15, 0.2) is 23.8 Å². The van der Waals surface area contributed by atoms with Crippen molar-refractivity contribution in [3.8, 4) is 5.75 Å². The van der Waals surface area contributed by atoms with Crippen molar-refractivity contribution < 1.29 is 9.53 Å². The van der Waals surface area contributed by atoms with Crippen LogP contribution in [0.4, 0.5) is 17.3 Å². The number of H-pyrrole nitrogens is 1. The summed E-state index contributed by atoms with van der Waals surface area (Å²) in [6.07, 6.45) is 1.39. The third-order valence-electron chi connectivity index (χ3n) is 4.36. The molecule has 30 heavy (non-hydrogen) atoms. The van der Waals surface area contributed by atoms with Gasteiger partial charge in [0.15, 0.2) is 11.6 Å². The highest BCUT2D eigenvalue weighted by atomic mass is 35.5. The van der Waals surface area contributed by atoms with Crippen LogP contribution >= 0.6 is 34.5 Å². The molecule has 0 fully saturated rings. The maximum absolute atomic E-state index is 13.0. The van der Waals surface area contributed by atoms with Gasteiger partial charge < -0.3 is 15.4 Å². The Kier molecular flexibility index (Phi) is 5.50. The van der Waals surface area contributed by atoms with Crippen molar-refractivity contribution in [1.82, 2.24) is 20.2 Å². The molecule has 0 aliphatic carbocycles. The van der Waals surface area contributed by atoms with Gasteiger partial charge in [-0.25, -0.2) is 9.97 Å². The van der Waals surface area contributed by atoms with E-state index in [1.165, 1.54) is 24.8 Å². The molecule has 0 saturated heterocycles. The van der Waals surface area contributed by atoms with E-state index in [9.17, 15) is 4.79 Å². The summed E-state index contributed by atoms with van der Waals surface area (Å²) in [6, 6.07) is 3.56. The van der Waals surface area contributed by atoms with Crippen molar-refractivity contribution in [3.05, 3.63) is 50.7 Å². The summed E-state index contributed by atoms with van der Waals surface area (Å²) in [5.41, 5.74) is 2.82. The van der Waals surface area contributed by atoms with Crippen molar-refractivity contribution in [3.63, 3.8) is 0 Å². The minimum absolute atomic E-state index is 0.229. The largest absolute Gasteiger partial charge is 0.495 e. The minimum Gasteiger partial charge on any atom is -0.495 e. The van der Waals surface area contributed by atoms with E-state index >= 15 is 0 Å². The highest BCUT2D eigenvalue weighted by molar-refractivity contribution is 7.18. The van der Waals surface area contributed by atoms with Gasteiger partial charge in [-0.3, -0.25) is 9.89 Å². The van der Waals surface area contributed by atoms with Crippen LogP contribution in [-0.4, -0.2) is 33.2 Å². The van der Waals surface area contributed by atoms with Crippen LogP contribution in [0.3, 0.4) is 0 Å². The van der Waals surface area contributed by atoms with Gasteiger partial charge in [-0.05, 0) is 25.5 Å². The summed E-state index contributed by atoms with van der Waals surface area (Å²) >= 11 is 14.1. The number of aryl methyl sites for hydroxylation is 2. The van der Waals surface area contributed by atoms with Crippen LogP contribution in [-0.2, 0) is 0 Å². The lowest BCUT2D eigenvalue weighted by Gasteiger charge is -2.14. The number of ether oxygens (including phenoxy) is 1. The Hall–Kier alpha value is -2.88. The number of nitrogens with zero attached hydrogens (tertiary/aromatic N) is 3. The number of methoxy groups -OCH3 is 1. The van der Waals surface area contributed by atoms with Crippen LogP contribution in [0.2, 0.25) is 10.0 Å². The standard InChI is InChI=1S/C19H16Cl2N6O2S/c1-8-4-11(29-3)14(21)16(13(8)20)25-19(28)10-6-30-17-15(10)22-7-23-18(17)24-12-5-9(2)26-27-12/h4-7H,1-3H3,(H,25,28)(H2,22,23,24,26,27). The van der Waals surface area contributed by atoms with Gasteiger partial charge in [0.25, 0.3) is 5.91 Å². The molecule has 3 N–H and O–H groups in total. The highest BCUT2D eigenvalue weighted by Crippen LogP contribution is 2.41. The molecule has 0 atom stereocenters. The number of carbonyl (C=O) groups is 1. The number of anilines is 3. The van der Waals surface area contributed by atoms with Gasteiger partial charge in [0, 0.05) is 17.1 Å². The van der Waals surface area contributed by atoms with Crippen LogP contribution in [0.5, 0.6) is 5.75 Å². The molecule has 8 nitrogen and oxygen atoms in total. The zero-order chi connectivity index (χ0) is 21.4. The van der Waals surface area contributed by atoms with Crippen molar-refractivity contribution in [2.75, 3.05) is 17.7 Å². The molecule has 0 bridgehead atoms. The number of aromatic amines is 1. The van der Waals surface area contributed by atoms with Gasteiger partial charge >= 0.3 is 0 Å². The molecular formula is C19H16Cl2N6O2S. The summed E-state index contributed by atoms with van der Waals surface area (Å²) in [5.74, 6) is 1.21. The first-order valence-electron chi connectivity index (χ1n) is 8.74. The normalized spacial score (nSPS) is 11.0. The first-order valence-corrected chi connectivity index (χ1v) is 10.4. The molecule has 11 heteroatoms. The minimum atomic E-state index is -0.391. The Labute approximate surface area is 185 Å². The number of carbonyl (C=O) groups excluding carboxylic acids is 1. The van der Waals surface area contributed by atoms with E-state index in [4.69, 9.17) is 27.9 Å². The molecule has 0 saturated carbocycles. The third-order valence-corrected chi connectivity index (χ3v) is 6.20. The Bertz CT molecular complexity index is 1270. The molecule has 154 valence electrons. The number of hydrogen-bond acceptors (Lipinski definition) is 7. The smallest absolute Gasteiger partial charge is 0.258 e. The topological polar surface area (TPSA) is 105 Å². The lowest BCUT2D eigenvalue weighted by molar-refractivity contribution is 0.102. The Morgan fingerprint density at radius 1 is 1.20 bits per heavy atom. The lowest BCUT2D eigenvalue weighted by Crippen LogP contribution is -2.13. The fraction of sp³-hybridized carbons (Fsp3) is 0.158. The Morgan fingerprint density at radius 2 is 2.00 bits per heavy atom. The van der Waals surface area contributed by atoms with Gasteiger partial charge in [-0.1, -0.05) is 23.2 Å². The van der Waals surface area contributed by atoms with Crippen LogP contribution in [0.25, 0.3) is 10.2 Å². The number of thiophene rings is 1. The average Bonchev–Trinajstić information content (AvgIpc) is 3.34. The van der Waals surface area contributed by atoms with E-state index in [1.807, 2.05) is 13.0 Å². The molecular weight excluding hydrogens is 447 g/mol. The van der Waals surface area contributed by atoms with E-state index in [1.54, 1.807) is 18.4 Å². The summed E-state index contributed by atoms with van der Waals surface area (Å²) in [6.45, 7) is 3.71. The fourth-order valence-corrected chi connectivity index (χ4v) is 4.35. The van der Waals surface area contributed by atoms with Crippen molar-refractivity contribution >= 4 is 68.0 Å². The first-order chi connectivity index (χ1) is 14.4. The van der Waals surface area contributed by atoms with Gasteiger partial charge in [-0.15, -0.1) is 11.3 Å². The average molecular weight is 463 g/mol. The highest BCUT2D eigenvalue weighted by Gasteiger charge is 2.21. The molecule has 0 unspecified atom stereocenters. The Balaban J connectivity index is 1.68. The second kappa shape index (κ2) is 8.10. The number of hydrogen-bond donors (Lipinski definition) is 3. The SMILES string of the molecule is COc1cc(C)c(Cl)c(NC(=O)c2csc3c(Nc4cc(C)[nH]n4)ncnc23)c1Cl. The third kappa shape index (κ3) is 3.67. The van der Waals surface area contributed by atoms with E-state index < -0.39 is 5.91 Å². The molecule has 0 radical (unpaired) electrons. The summed E-state index contributed by atoms with van der Waals surface area (Å²) in [4.78, 5) is 21.6. The zero-order valence-corrected chi connectivity index (χ0v) is 18.5. The summed E-state index contributed by atoms with van der Waals surface area (Å²) in [5, 5.41) is 15.2. The number of rotatable bonds is 5. The van der Waals surface area contributed by atoms with Crippen molar-refractivity contribution in [2.45, 2.75) is 13.8 Å². The van der Waals surface area contributed by atoms with Crippen molar-refractivity contribution in [2.24, 2.45) is 0 Å². The molecule has 4 aromatic rings. The predicted molar refractivity (Wildman–Crippen MR) is 120 cm³/mol. The maximum atomic E-state index is 13.0. The van der Waals surface area contributed by atoms with Crippen molar-refractivity contribution in [1.29, 1.82) is 0 Å². The number of amides is 1. The molecule has 4 rings (SSSR count). The van der Waals surface area contributed by atoms with E-state index in [0.29, 0.717) is 39.2 Å². The van der Waals surface area contributed by atoms with Gasteiger partial charge in [0.2, 0.25) is 0 Å². The molecule has 1 amide bonds. The monoisotopic (exact) mass is 462 g/mol. The quantitative estimate of drug-likeness (QED) is 0.369. The first kappa shape index (κ1) is 20.4. The second-order valence-electron chi connectivity index (χ2n) is 6.46. The summed E-state index contributed by atoms with van der Waals surface area (Å²) < 4.78 is 5.99. The van der Waals surface area contributed by atoms with Gasteiger partial charge in [0.1, 0.15) is 17.1 Å². The van der Waals surface area contributed by atoms with E-state index in [0.717, 1.165) is 16.0 Å². The number of nitrogens with one attached hydrogen (secondary N) is 3. The number of aromatic nitrogens is 4. The fourth-order valence-electron chi connectivity index (χ4n) is 2.88. The summed E-state index contributed by atoms with van der Waals surface area (Å²) in [7, 11) is 1.50. The number of benzene rings is 1. The van der Waals surface area contributed by atoms with Gasteiger partial charge in [0.05, 0.1) is 33.6 Å². The van der Waals surface area contributed by atoms with Crippen LogP contribution < -0.4 is 15.4 Å². The maximum Gasteiger partial charge on any atom is 0.258 e. The molecule has 0 aliphatic heterocycles. The van der Waals surface area contributed by atoms with Crippen LogP contribution in [0, 0.1) is 13.8 Å². The molecule has 0 spiro atoms. The van der Waals surface area contributed by atoms with Crippen LogP contribution in [0.1, 0.15) is 21.6 Å². The Morgan fingerprint density at radius 3 is 2.70 bits per heavy atom. The number of halogens is 2. The second-order valence-corrected chi connectivity index (χ2v) is 8.10. The lowest BCUT2D eigenvalue weighted by atomic mass is 10.2. The molecule has 0 aliphatic rings. The zero-order valence-electron chi connectivity index (χ0n) is 16.1. The molecule has 3 heterocycles. The predicted octanol–water partition coefficient (Wildman–Crippen LogP) is 5.34. The van der Waals surface area contributed by atoms with E-state index in [2.05, 4.69) is 30.8 Å². The number of fused-ring (bicyclic) bond motifs is 1. The van der Waals surface area contributed by atoms with E-state index in [-0.39, 0.29) is 5.02 Å². The van der Waals surface area contributed by atoms with Gasteiger partial charge in [-0.2, -0.15) is 5.10 Å². The molecule has 3 aromatic heterocycles.